The minimum atomic E-state index is -1.15. The normalized spacial score (nSPS) is 12.1. The van der Waals surface area contributed by atoms with Crippen molar-refractivity contribution in [2.24, 2.45) is 0 Å². The Hall–Kier alpha value is -2.68. The Morgan fingerprint density at radius 2 is 1.75 bits per heavy atom. The Morgan fingerprint density at radius 1 is 1.19 bits per heavy atom. The number of nitriles is 1. The van der Waals surface area contributed by atoms with Gasteiger partial charge in [-0.2, -0.15) is 0 Å². The van der Waals surface area contributed by atoms with E-state index in [-0.39, 0.29) is 16.7 Å². The van der Waals surface area contributed by atoms with Crippen LogP contribution in [-0.4, -0.2) is 23.0 Å². The summed E-state index contributed by atoms with van der Waals surface area (Å²) >= 11 is 0. The molecule has 0 radical (unpaired) electrons. The van der Waals surface area contributed by atoms with Gasteiger partial charge < -0.3 is 9.84 Å². The molecule has 1 aromatic carbocycles. The van der Waals surface area contributed by atoms with Gasteiger partial charge in [0, 0.05) is 6.57 Å². The van der Waals surface area contributed by atoms with E-state index in [1.807, 2.05) is 0 Å². The molecule has 2 rings (SSSR count). The van der Waals surface area contributed by atoms with Gasteiger partial charge in [0.05, 0.1) is 16.7 Å². The van der Waals surface area contributed by atoms with E-state index in [9.17, 15) is 14.4 Å². The van der Waals surface area contributed by atoms with Crippen LogP contribution < -0.4 is 0 Å². The molecule has 0 saturated heterocycles. The number of rotatable bonds is 1. The number of esters is 2. The number of aromatic carboxylic acids is 1. The molecule has 1 aromatic rings. The number of benzene rings is 1. The summed E-state index contributed by atoms with van der Waals surface area (Å²) in [6.45, 7) is 3.50. The topological polar surface area (TPSA) is 104 Å². The maximum Gasteiger partial charge on any atom is 0.346 e. The van der Waals surface area contributed by atoms with E-state index in [1.54, 1.807) is 0 Å². The van der Waals surface area contributed by atoms with Crippen molar-refractivity contribution < 1.29 is 24.2 Å². The zero-order valence-corrected chi connectivity index (χ0v) is 7.84. The van der Waals surface area contributed by atoms with Crippen LogP contribution in [0, 0.1) is 11.8 Å². The van der Waals surface area contributed by atoms with E-state index >= 15 is 0 Å². The largest absolute Gasteiger partial charge is 0.478 e. The van der Waals surface area contributed by atoms with Gasteiger partial charge in [-0.05, 0) is 18.2 Å². The highest BCUT2D eigenvalue weighted by Crippen LogP contribution is 2.20. The summed E-state index contributed by atoms with van der Waals surface area (Å²) in [4.78, 5) is 32.5. The third kappa shape index (κ3) is 1.74. The molecule has 0 unspecified atom stereocenters. The lowest BCUT2D eigenvalue weighted by molar-refractivity contribution is 0.0443. The van der Waals surface area contributed by atoms with Crippen molar-refractivity contribution in [2.45, 2.75) is 0 Å². The molecular weight excluding hydrogens is 214 g/mol. The Kier molecular flexibility index (Phi) is 3.01. The minimum absolute atomic E-state index is 0.00917. The van der Waals surface area contributed by atoms with Crippen molar-refractivity contribution in [1.82, 2.24) is 0 Å². The number of nitrogens with zero attached hydrogens (tertiary/aromatic N) is 1. The number of carboxylic acids is 1. The molecule has 16 heavy (non-hydrogen) atoms. The number of carbonyl (C=O) groups is 3. The average Bonchev–Trinajstić information content (AvgIpc) is 2.57. The van der Waals surface area contributed by atoms with Crippen LogP contribution in [0.3, 0.4) is 0 Å². The Labute approximate surface area is 89.7 Å². The van der Waals surface area contributed by atoms with Gasteiger partial charge >= 0.3 is 17.9 Å². The quantitative estimate of drug-likeness (QED) is 0.554. The first-order valence-corrected chi connectivity index (χ1v) is 3.99. The van der Waals surface area contributed by atoms with Crippen LogP contribution in [-0.2, 0) is 4.74 Å². The van der Waals surface area contributed by atoms with Gasteiger partial charge in [-0.1, -0.05) is 0 Å². The van der Waals surface area contributed by atoms with Crippen molar-refractivity contribution in [1.29, 1.82) is 5.26 Å². The first-order valence-electron chi connectivity index (χ1n) is 3.99. The second-order valence-electron chi connectivity index (χ2n) is 2.74. The van der Waals surface area contributed by atoms with E-state index in [1.165, 1.54) is 12.1 Å². The van der Waals surface area contributed by atoms with Gasteiger partial charge in [0.15, 0.2) is 0 Å². The molecule has 1 aliphatic heterocycles. The molecule has 0 bridgehead atoms. The van der Waals surface area contributed by atoms with Crippen LogP contribution in [0.1, 0.15) is 31.1 Å². The van der Waals surface area contributed by atoms with Crippen LogP contribution >= 0.6 is 0 Å². The van der Waals surface area contributed by atoms with Crippen LogP contribution in [0.15, 0.2) is 18.2 Å². The molecule has 1 heterocycles. The third-order valence-corrected chi connectivity index (χ3v) is 1.89. The number of ether oxygens (including phenoxy) is 1. The summed E-state index contributed by atoms with van der Waals surface area (Å²) in [7, 11) is 0. The van der Waals surface area contributed by atoms with E-state index in [0.717, 1.165) is 6.07 Å². The van der Waals surface area contributed by atoms with E-state index in [2.05, 4.69) is 11.3 Å². The van der Waals surface area contributed by atoms with Crippen molar-refractivity contribution in [3.8, 4) is 6.57 Å². The lowest BCUT2D eigenvalue weighted by Gasteiger charge is -1.94. The lowest BCUT2D eigenvalue weighted by Crippen LogP contribution is -2.00. The summed E-state index contributed by atoms with van der Waals surface area (Å²) in [5.74, 6) is -2.69. The highest BCUT2D eigenvalue weighted by molar-refractivity contribution is 6.15. The van der Waals surface area contributed by atoms with Crippen LogP contribution in [0.25, 0.3) is 0 Å². The van der Waals surface area contributed by atoms with Gasteiger partial charge in [-0.25, -0.2) is 19.6 Å². The second kappa shape index (κ2) is 4.23. The van der Waals surface area contributed by atoms with E-state index in [0.29, 0.717) is 0 Å². The highest BCUT2D eigenvalue weighted by Gasteiger charge is 2.30. The molecule has 1 N–H and O–H groups in total. The molecule has 6 nitrogen and oxygen atoms in total. The van der Waals surface area contributed by atoms with Crippen LogP contribution in [0.2, 0.25) is 0 Å². The van der Waals surface area contributed by atoms with E-state index in [4.69, 9.17) is 10.4 Å². The fourth-order valence-electron chi connectivity index (χ4n) is 1.22. The molecule has 0 fully saturated rings. The van der Waals surface area contributed by atoms with Gasteiger partial charge in [0.25, 0.3) is 0 Å². The van der Waals surface area contributed by atoms with Gasteiger partial charge in [0.1, 0.15) is 0 Å². The Bertz CT molecular complexity index is 503. The second-order valence-corrected chi connectivity index (χ2v) is 2.74. The smallest absolute Gasteiger partial charge is 0.346 e. The fraction of sp³-hybridized carbons (Fsp3) is 0. The first kappa shape index (κ1) is 11.4. The summed E-state index contributed by atoms with van der Waals surface area (Å²) < 4.78 is 4.30. The molecular formula is C10H5NO5. The predicted octanol–water partition coefficient (Wildman–Crippen LogP) is 0.835. The highest BCUT2D eigenvalue weighted by atomic mass is 16.6. The van der Waals surface area contributed by atoms with Crippen molar-refractivity contribution in [3.05, 3.63) is 34.9 Å². The molecule has 0 aromatic heterocycles. The maximum absolute atomic E-state index is 11.0. The molecule has 1 aliphatic rings. The predicted molar refractivity (Wildman–Crippen MR) is 49.8 cm³/mol. The SMILES string of the molecule is C#N.O=C(O)c1ccc2c(c1)C(=O)OC2=O. The molecule has 0 saturated carbocycles. The molecule has 0 aliphatic carbocycles. The number of carbonyl (C=O) groups excluding carboxylic acids is 2. The average molecular weight is 219 g/mol. The summed E-state index contributed by atoms with van der Waals surface area (Å²) in [5.41, 5.74) is 0.0744. The minimum Gasteiger partial charge on any atom is -0.478 e. The van der Waals surface area contributed by atoms with Gasteiger partial charge in [0.2, 0.25) is 0 Å². The van der Waals surface area contributed by atoms with Gasteiger partial charge in [-0.15, -0.1) is 0 Å². The zero-order valence-electron chi connectivity index (χ0n) is 7.84. The number of hydrogen-bond acceptors (Lipinski definition) is 5. The lowest BCUT2D eigenvalue weighted by atomic mass is 10.1. The monoisotopic (exact) mass is 219 g/mol. The molecule has 0 atom stereocenters. The molecule has 0 spiro atoms. The number of fused-ring (bicyclic) bond motifs is 1. The molecule has 0 amide bonds. The van der Waals surface area contributed by atoms with Crippen molar-refractivity contribution in [2.75, 3.05) is 0 Å². The number of carboxylic acid groups (broad SMARTS) is 1. The van der Waals surface area contributed by atoms with Crippen molar-refractivity contribution in [3.63, 3.8) is 0 Å². The van der Waals surface area contributed by atoms with Gasteiger partial charge in [-0.3, -0.25) is 0 Å². The van der Waals surface area contributed by atoms with E-state index < -0.39 is 17.9 Å². The number of hydrogen-bond donors (Lipinski definition) is 1. The summed E-state index contributed by atoms with van der Waals surface area (Å²) in [6, 6.07) is 3.65. The van der Waals surface area contributed by atoms with Crippen LogP contribution in [0.4, 0.5) is 0 Å². The van der Waals surface area contributed by atoms with Crippen LogP contribution in [0.5, 0.6) is 0 Å². The zero-order chi connectivity index (χ0) is 12.3. The molecule has 6 heteroatoms. The maximum atomic E-state index is 11.0. The fourth-order valence-corrected chi connectivity index (χ4v) is 1.22. The Balaban J connectivity index is 0.000000606. The Morgan fingerprint density at radius 3 is 2.31 bits per heavy atom. The third-order valence-electron chi connectivity index (χ3n) is 1.89. The summed E-state index contributed by atoms with van der Waals surface area (Å²) in [5, 5.41) is 15.1. The first-order chi connectivity index (χ1) is 7.59. The standard InChI is InChI=1S/C9H4O5.CHN/c10-7(11)4-1-2-5-6(3-4)9(13)14-8(5)12;1-2/h1-3H,(H,10,11);1H. The van der Waals surface area contributed by atoms with Crippen molar-refractivity contribution >= 4 is 17.9 Å². The number of cyclic esters (lactones) is 2. The molecule has 80 valence electrons. The summed E-state index contributed by atoms with van der Waals surface area (Å²) in [6.07, 6.45) is 0.